The minimum atomic E-state index is -0.363. The number of anilines is 1. The van der Waals surface area contributed by atoms with Crippen LogP contribution in [0.3, 0.4) is 0 Å². The zero-order valence-electron chi connectivity index (χ0n) is 17.7. The smallest absolute Gasteiger partial charge is 0.274 e. The lowest BCUT2D eigenvalue weighted by Gasteiger charge is -2.07. The SMILES string of the molecule is COc1ccc(CNc2nc(-c3ccco3)nn2C(=O)C=Cc2ccccc2OC)cc1. The molecule has 0 saturated carbocycles. The maximum atomic E-state index is 13.0. The largest absolute Gasteiger partial charge is 0.497 e. The lowest BCUT2D eigenvalue weighted by molar-refractivity contribution is 0.0957. The first-order valence-electron chi connectivity index (χ1n) is 9.91. The summed E-state index contributed by atoms with van der Waals surface area (Å²) in [6.45, 7) is 0.448. The number of rotatable bonds is 8. The van der Waals surface area contributed by atoms with Crippen molar-refractivity contribution in [1.29, 1.82) is 0 Å². The van der Waals surface area contributed by atoms with Crippen molar-refractivity contribution in [1.82, 2.24) is 14.8 Å². The molecule has 0 fully saturated rings. The molecule has 0 unspecified atom stereocenters. The molecule has 4 aromatic rings. The third-order valence-corrected chi connectivity index (χ3v) is 4.71. The van der Waals surface area contributed by atoms with Gasteiger partial charge in [-0.25, -0.2) is 0 Å². The second kappa shape index (κ2) is 9.65. The minimum Gasteiger partial charge on any atom is -0.497 e. The van der Waals surface area contributed by atoms with Crippen LogP contribution < -0.4 is 14.8 Å². The minimum absolute atomic E-state index is 0.307. The maximum Gasteiger partial charge on any atom is 0.274 e. The van der Waals surface area contributed by atoms with E-state index in [1.165, 1.54) is 17.0 Å². The van der Waals surface area contributed by atoms with Crippen molar-refractivity contribution in [2.24, 2.45) is 0 Å². The standard InChI is InChI=1S/C24H22N4O4/c1-30-19-12-9-17(10-13-19)16-25-24-26-23(21-8-5-15-32-21)27-28(24)22(29)14-11-18-6-3-4-7-20(18)31-2/h3-15H,16H2,1-2H3,(H,25,26,27). The Labute approximate surface area is 185 Å². The molecule has 8 nitrogen and oxygen atoms in total. The highest BCUT2D eigenvalue weighted by molar-refractivity contribution is 5.95. The van der Waals surface area contributed by atoms with Crippen molar-refractivity contribution in [3.05, 3.63) is 84.1 Å². The summed E-state index contributed by atoms with van der Waals surface area (Å²) in [5, 5.41) is 7.52. The highest BCUT2D eigenvalue weighted by Gasteiger charge is 2.17. The van der Waals surface area contributed by atoms with Gasteiger partial charge < -0.3 is 19.2 Å². The molecular weight excluding hydrogens is 408 g/mol. The van der Waals surface area contributed by atoms with E-state index >= 15 is 0 Å². The Kier molecular flexibility index (Phi) is 6.31. The summed E-state index contributed by atoms with van der Waals surface area (Å²) >= 11 is 0. The third kappa shape index (κ3) is 4.70. The normalized spacial score (nSPS) is 10.9. The van der Waals surface area contributed by atoms with E-state index in [9.17, 15) is 4.79 Å². The topological polar surface area (TPSA) is 91.4 Å². The van der Waals surface area contributed by atoms with Gasteiger partial charge in [0.2, 0.25) is 11.8 Å². The van der Waals surface area contributed by atoms with Gasteiger partial charge in [0.05, 0.1) is 20.5 Å². The molecule has 8 heteroatoms. The number of carbonyl (C=O) groups is 1. The van der Waals surface area contributed by atoms with Crippen molar-refractivity contribution in [2.45, 2.75) is 6.54 Å². The summed E-state index contributed by atoms with van der Waals surface area (Å²) in [5.41, 5.74) is 1.78. The number of allylic oxidation sites excluding steroid dienone is 1. The summed E-state index contributed by atoms with van der Waals surface area (Å²) in [5.74, 6) is 2.17. The number of hydrogen-bond donors (Lipinski definition) is 1. The van der Waals surface area contributed by atoms with Gasteiger partial charge in [-0.3, -0.25) is 4.79 Å². The first-order chi connectivity index (χ1) is 15.7. The highest BCUT2D eigenvalue weighted by Crippen LogP contribution is 2.21. The fourth-order valence-electron chi connectivity index (χ4n) is 3.05. The molecule has 0 aliphatic rings. The molecule has 2 aromatic carbocycles. The van der Waals surface area contributed by atoms with Crippen molar-refractivity contribution in [2.75, 3.05) is 19.5 Å². The number of nitrogens with one attached hydrogen (secondary N) is 1. The maximum absolute atomic E-state index is 13.0. The second-order valence-corrected chi connectivity index (χ2v) is 6.76. The quantitative estimate of drug-likeness (QED) is 0.411. The van der Waals surface area contributed by atoms with Gasteiger partial charge in [0.25, 0.3) is 5.91 Å². The molecule has 0 radical (unpaired) electrons. The molecule has 0 spiro atoms. The molecule has 0 saturated heterocycles. The van der Waals surface area contributed by atoms with Crippen molar-refractivity contribution in [3.8, 4) is 23.1 Å². The predicted molar refractivity (Wildman–Crippen MR) is 121 cm³/mol. The number of aromatic nitrogens is 3. The van der Waals surface area contributed by atoms with Crippen LogP contribution in [0.2, 0.25) is 0 Å². The van der Waals surface area contributed by atoms with Gasteiger partial charge in [-0.2, -0.15) is 9.67 Å². The molecular formula is C24H22N4O4. The number of benzene rings is 2. The fraction of sp³-hybridized carbons (Fsp3) is 0.125. The van der Waals surface area contributed by atoms with Crippen molar-refractivity contribution >= 4 is 17.9 Å². The second-order valence-electron chi connectivity index (χ2n) is 6.76. The van der Waals surface area contributed by atoms with E-state index in [2.05, 4.69) is 15.4 Å². The number of para-hydroxylation sites is 1. The van der Waals surface area contributed by atoms with Crippen molar-refractivity contribution in [3.63, 3.8) is 0 Å². The molecule has 0 aliphatic heterocycles. The third-order valence-electron chi connectivity index (χ3n) is 4.71. The van der Waals surface area contributed by atoms with Gasteiger partial charge >= 0.3 is 0 Å². The Morgan fingerprint density at radius 3 is 2.59 bits per heavy atom. The van der Waals surface area contributed by atoms with E-state index < -0.39 is 0 Å². The van der Waals surface area contributed by atoms with E-state index in [1.54, 1.807) is 32.4 Å². The average molecular weight is 430 g/mol. The number of furan rings is 1. The first kappa shape index (κ1) is 20.9. The summed E-state index contributed by atoms with van der Waals surface area (Å²) in [6, 6.07) is 18.5. The molecule has 2 heterocycles. The first-order valence-corrected chi connectivity index (χ1v) is 9.91. The average Bonchev–Trinajstić information content (AvgIpc) is 3.52. The highest BCUT2D eigenvalue weighted by atomic mass is 16.5. The number of hydrogen-bond acceptors (Lipinski definition) is 7. The van der Waals surface area contributed by atoms with Crippen LogP contribution in [0, 0.1) is 0 Å². The molecule has 0 aliphatic carbocycles. The van der Waals surface area contributed by atoms with Gasteiger partial charge in [-0.05, 0) is 42.0 Å². The van der Waals surface area contributed by atoms with Crippen LogP contribution >= 0.6 is 0 Å². The summed E-state index contributed by atoms with van der Waals surface area (Å²) in [6.07, 6.45) is 4.64. The van der Waals surface area contributed by atoms with E-state index in [0.29, 0.717) is 29.8 Å². The van der Waals surface area contributed by atoms with E-state index in [0.717, 1.165) is 16.9 Å². The molecule has 0 atom stereocenters. The van der Waals surface area contributed by atoms with E-state index in [4.69, 9.17) is 13.9 Å². The molecule has 0 bridgehead atoms. The van der Waals surface area contributed by atoms with Gasteiger partial charge in [-0.15, -0.1) is 5.10 Å². The van der Waals surface area contributed by atoms with E-state index in [-0.39, 0.29) is 5.91 Å². The molecule has 4 rings (SSSR count). The number of ether oxygens (including phenoxy) is 2. The van der Waals surface area contributed by atoms with Gasteiger partial charge in [0.1, 0.15) is 11.5 Å². The molecule has 162 valence electrons. The van der Waals surface area contributed by atoms with Gasteiger partial charge in [0, 0.05) is 18.2 Å². The van der Waals surface area contributed by atoms with E-state index in [1.807, 2.05) is 48.5 Å². The lowest BCUT2D eigenvalue weighted by atomic mass is 10.2. The van der Waals surface area contributed by atoms with Crippen LogP contribution in [-0.2, 0) is 6.54 Å². The zero-order valence-corrected chi connectivity index (χ0v) is 17.7. The van der Waals surface area contributed by atoms with Crippen LogP contribution in [-0.4, -0.2) is 34.9 Å². The number of methoxy groups -OCH3 is 2. The van der Waals surface area contributed by atoms with Crippen LogP contribution in [0.4, 0.5) is 5.95 Å². The summed E-state index contributed by atoms with van der Waals surface area (Å²) < 4.78 is 17.1. The Morgan fingerprint density at radius 2 is 1.88 bits per heavy atom. The fourth-order valence-corrected chi connectivity index (χ4v) is 3.05. The monoisotopic (exact) mass is 430 g/mol. The molecule has 1 N–H and O–H groups in total. The summed E-state index contributed by atoms with van der Waals surface area (Å²) in [7, 11) is 3.21. The number of nitrogens with zero attached hydrogens (tertiary/aromatic N) is 3. The van der Waals surface area contributed by atoms with Crippen LogP contribution in [0.1, 0.15) is 15.9 Å². The number of carbonyl (C=O) groups excluding carboxylic acids is 1. The summed E-state index contributed by atoms with van der Waals surface area (Å²) in [4.78, 5) is 17.4. The van der Waals surface area contributed by atoms with Crippen LogP contribution in [0.5, 0.6) is 11.5 Å². The predicted octanol–water partition coefficient (Wildman–Crippen LogP) is 4.52. The van der Waals surface area contributed by atoms with Crippen LogP contribution in [0.25, 0.3) is 17.7 Å². The Bertz CT molecular complexity index is 1210. The van der Waals surface area contributed by atoms with Crippen molar-refractivity contribution < 1.29 is 18.7 Å². The molecule has 0 amide bonds. The van der Waals surface area contributed by atoms with Gasteiger partial charge in [-0.1, -0.05) is 30.3 Å². The Hall–Kier alpha value is -4.33. The zero-order chi connectivity index (χ0) is 22.3. The molecule has 2 aromatic heterocycles. The van der Waals surface area contributed by atoms with Crippen LogP contribution in [0.15, 0.2) is 77.4 Å². The van der Waals surface area contributed by atoms with Gasteiger partial charge in [0.15, 0.2) is 5.76 Å². The lowest BCUT2D eigenvalue weighted by Crippen LogP contribution is -2.14. The molecule has 32 heavy (non-hydrogen) atoms. The Morgan fingerprint density at radius 1 is 1.06 bits per heavy atom. The Balaban J connectivity index is 1.59.